The van der Waals surface area contributed by atoms with Crippen LogP contribution >= 0.6 is 0 Å². The number of aliphatic imine (C=N–C) groups is 2. The second-order valence-electron chi connectivity index (χ2n) is 5.81. The molecule has 2 heterocycles. The highest BCUT2D eigenvalue weighted by molar-refractivity contribution is 5.94. The van der Waals surface area contributed by atoms with Crippen molar-refractivity contribution in [3.63, 3.8) is 0 Å². The summed E-state index contributed by atoms with van der Waals surface area (Å²) in [4.78, 5) is 11.2. The van der Waals surface area contributed by atoms with Crippen molar-refractivity contribution in [1.29, 1.82) is 0 Å². The molecule has 0 saturated carbocycles. The Morgan fingerprint density at radius 2 is 1.42 bits per heavy atom. The molecule has 2 atom stereocenters. The monoisotopic (exact) mass is 267 g/mol. The summed E-state index contributed by atoms with van der Waals surface area (Å²) in [6, 6.07) is 1.80. The minimum atomic E-state index is 0.243. The first-order chi connectivity index (χ1) is 9.02. The van der Waals surface area contributed by atoms with Crippen molar-refractivity contribution in [2.75, 3.05) is 19.8 Å². The summed E-state index contributed by atoms with van der Waals surface area (Å²) < 4.78 is 11.4. The summed E-state index contributed by atoms with van der Waals surface area (Å²) in [6.07, 6.45) is 0. The van der Waals surface area contributed by atoms with Crippen molar-refractivity contribution in [2.45, 2.75) is 46.7 Å². The Labute approximate surface area is 115 Å². The van der Waals surface area contributed by atoms with Gasteiger partial charge in [0.05, 0.1) is 12.1 Å². The fraction of sp³-hybridized carbons (Fsp3) is 0.857. The van der Waals surface area contributed by atoms with E-state index in [9.17, 15) is 0 Å². The Bertz CT molecular complexity index is 343. The van der Waals surface area contributed by atoms with Gasteiger partial charge in [0.15, 0.2) is 0 Å². The van der Waals surface area contributed by atoms with Crippen molar-refractivity contribution in [2.24, 2.45) is 21.8 Å². The SMILES string of the molecule is CCN(C1=N[C@@H](C(C)C)CO1)C1=N[C@@H](C(C)C)CO1. The van der Waals surface area contributed by atoms with Gasteiger partial charge in [0.1, 0.15) is 13.2 Å². The number of hydrogen-bond donors (Lipinski definition) is 0. The highest BCUT2D eigenvalue weighted by Crippen LogP contribution is 2.19. The molecule has 2 rings (SSSR count). The van der Waals surface area contributed by atoms with Gasteiger partial charge in [-0.05, 0) is 18.8 Å². The third-order valence-corrected chi connectivity index (χ3v) is 3.64. The summed E-state index contributed by atoms with van der Waals surface area (Å²) in [7, 11) is 0. The largest absolute Gasteiger partial charge is 0.463 e. The topological polar surface area (TPSA) is 46.4 Å². The molecule has 0 aliphatic carbocycles. The van der Waals surface area contributed by atoms with Gasteiger partial charge in [-0.1, -0.05) is 27.7 Å². The quantitative estimate of drug-likeness (QED) is 0.787. The standard InChI is InChI=1S/C14H25N3O2/c1-6-17(13-15-11(7-18-13)9(2)3)14-16-12(8-19-14)10(4)5/h9-12H,6-8H2,1-5H3/t11-,12-/m1/s1. The van der Waals surface area contributed by atoms with Crippen LogP contribution in [0.4, 0.5) is 0 Å². The zero-order valence-electron chi connectivity index (χ0n) is 12.6. The Hall–Kier alpha value is -1.26. The molecule has 5 heteroatoms. The van der Waals surface area contributed by atoms with Crippen molar-refractivity contribution >= 4 is 12.0 Å². The van der Waals surface area contributed by atoms with Crippen LogP contribution in [-0.4, -0.2) is 48.8 Å². The Balaban J connectivity index is 2.09. The summed E-state index contributed by atoms with van der Waals surface area (Å²) in [5.41, 5.74) is 0. The molecule has 0 aromatic rings. The fourth-order valence-corrected chi connectivity index (χ4v) is 2.08. The molecule has 2 aliphatic rings. The molecular weight excluding hydrogens is 242 g/mol. The van der Waals surface area contributed by atoms with Gasteiger partial charge in [-0.2, -0.15) is 0 Å². The van der Waals surface area contributed by atoms with Crippen LogP contribution in [0, 0.1) is 11.8 Å². The van der Waals surface area contributed by atoms with Gasteiger partial charge in [0.25, 0.3) is 12.0 Å². The van der Waals surface area contributed by atoms with E-state index in [1.165, 1.54) is 0 Å². The molecule has 2 aliphatic heterocycles. The van der Waals surface area contributed by atoms with Gasteiger partial charge >= 0.3 is 0 Å². The van der Waals surface area contributed by atoms with E-state index in [0.717, 1.165) is 6.54 Å². The van der Waals surface area contributed by atoms with Gasteiger partial charge in [0, 0.05) is 6.54 Å². The van der Waals surface area contributed by atoms with Crippen molar-refractivity contribution in [3.05, 3.63) is 0 Å². The van der Waals surface area contributed by atoms with Crippen LogP contribution in [0.15, 0.2) is 9.98 Å². The molecule has 0 radical (unpaired) electrons. The van der Waals surface area contributed by atoms with Crippen LogP contribution in [0.1, 0.15) is 34.6 Å². The molecule has 5 nitrogen and oxygen atoms in total. The average Bonchev–Trinajstić information content (AvgIpc) is 2.98. The molecule has 0 amide bonds. The smallest absolute Gasteiger partial charge is 0.296 e. The predicted octanol–water partition coefficient (Wildman–Crippen LogP) is 2.13. The van der Waals surface area contributed by atoms with E-state index in [1.54, 1.807) is 0 Å². The highest BCUT2D eigenvalue weighted by atomic mass is 16.5. The molecule has 0 unspecified atom stereocenters. The maximum Gasteiger partial charge on any atom is 0.296 e. The fourth-order valence-electron chi connectivity index (χ4n) is 2.08. The molecule has 0 fully saturated rings. The van der Waals surface area contributed by atoms with Gasteiger partial charge in [0.2, 0.25) is 0 Å². The molecule has 0 aromatic carbocycles. The number of amidine groups is 2. The lowest BCUT2D eigenvalue weighted by Gasteiger charge is -2.19. The maximum absolute atomic E-state index is 5.70. The van der Waals surface area contributed by atoms with Crippen molar-refractivity contribution < 1.29 is 9.47 Å². The zero-order chi connectivity index (χ0) is 14.0. The average molecular weight is 267 g/mol. The summed E-state index contributed by atoms with van der Waals surface area (Å²) in [6.45, 7) is 12.8. The van der Waals surface area contributed by atoms with Crippen LogP contribution < -0.4 is 0 Å². The molecular formula is C14H25N3O2. The summed E-state index contributed by atoms with van der Waals surface area (Å²) in [5, 5.41) is 0. The van der Waals surface area contributed by atoms with Crippen LogP contribution in [0.5, 0.6) is 0 Å². The molecule has 19 heavy (non-hydrogen) atoms. The first kappa shape index (κ1) is 14.2. The highest BCUT2D eigenvalue weighted by Gasteiger charge is 2.32. The van der Waals surface area contributed by atoms with Gasteiger partial charge < -0.3 is 9.47 Å². The number of rotatable bonds is 3. The van der Waals surface area contributed by atoms with Crippen LogP contribution in [0.2, 0.25) is 0 Å². The number of hydrogen-bond acceptors (Lipinski definition) is 5. The van der Waals surface area contributed by atoms with Crippen molar-refractivity contribution in [3.8, 4) is 0 Å². The Kier molecular flexibility index (Phi) is 4.32. The van der Waals surface area contributed by atoms with Crippen LogP contribution in [0.3, 0.4) is 0 Å². The Morgan fingerprint density at radius 1 is 1.00 bits per heavy atom. The first-order valence-corrected chi connectivity index (χ1v) is 7.21. The summed E-state index contributed by atoms with van der Waals surface area (Å²) >= 11 is 0. The number of ether oxygens (including phenoxy) is 2. The molecule has 0 spiro atoms. The van der Waals surface area contributed by atoms with E-state index >= 15 is 0 Å². The lowest BCUT2D eigenvalue weighted by atomic mass is 10.1. The number of nitrogens with zero attached hydrogens (tertiary/aromatic N) is 3. The van der Waals surface area contributed by atoms with Crippen LogP contribution in [-0.2, 0) is 9.47 Å². The Morgan fingerprint density at radius 3 is 1.68 bits per heavy atom. The van der Waals surface area contributed by atoms with Gasteiger partial charge in [-0.15, -0.1) is 0 Å². The molecule has 0 aromatic heterocycles. The van der Waals surface area contributed by atoms with Crippen LogP contribution in [0.25, 0.3) is 0 Å². The zero-order valence-corrected chi connectivity index (χ0v) is 12.6. The second kappa shape index (κ2) is 5.80. The van der Waals surface area contributed by atoms with Crippen molar-refractivity contribution in [1.82, 2.24) is 4.90 Å². The van der Waals surface area contributed by atoms with Gasteiger partial charge in [-0.25, -0.2) is 9.98 Å². The third kappa shape index (κ3) is 3.01. The second-order valence-corrected chi connectivity index (χ2v) is 5.81. The third-order valence-electron chi connectivity index (χ3n) is 3.64. The molecule has 108 valence electrons. The first-order valence-electron chi connectivity index (χ1n) is 7.21. The molecule has 0 bridgehead atoms. The van der Waals surface area contributed by atoms with E-state index in [2.05, 4.69) is 44.6 Å². The van der Waals surface area contributed by atoms with E-state index in [-0.39, 0.29) is 12.1 Å². The lowest BCUT2D eigenvalue weighted by molar-refractivity contribution is 0.235. The van der Waals surface area contributed by atoms with E-state index < -0.39 is 0 Å². The predicted molar refractivity (Wildman–Crippen MR) is 76.4 cm³/mol. The minimum Gasteiger partial charge on any atom is -0.463 e. The summed E-state index contributed by atoms with van der Waals surface area (Å²) in [5.74, 6) is 0.983. The van der Waals surface area contributed by atoms with E-state index in [1.807, 2.05) is 4.90 Å². The van der Waals surface area contributed by atoms with E-state index in [0.29, 0.717) is 37.1 Å². The lowest BCUT2D eigenvalue weighted by Crippen LogP contribution is -2.37. The minimum absolute atomic E-state index is 0.243. The van der Waals surface area contributed by atoms with E-state index in [4.69, 9.17) is 9.47 Å². The van der Waals surface area contributed by atoms with Gasteiger partial charge in [-0.3, -0.25) is 4.90 Å². The molecule has 0 saturated heterocycles. The normalized spacial score (nSPS) is 26.3. The molecule has 0 N–H and O–H groups in total. The maximum atomic E-state index is 5.70.